The lowest BCUT2D eigenvalue weighted by molar-refractivity contribution is 0.104. The summed E-state index contributed by atoms with van der Waals surface area (Å²) >= 11 is 0. The van der Waals surface area contributed by atoms with E-state index in [9.17, 15) is 9.59 Å². The number of ketones is 1. The molecule has 1 aromatic heterocycles. The number of amides is 1. The van der Waals surface area contributed by atoms with E-state index in [4.69, 9.17) is 9.84 Å². The van der Waals surface area contributed by atoms with Gasteiger partial charge in [-0.05, 0) is 0 Å². The lowest BCUT2D eigenvalue weighted by Crippen LogP contribution is -2.12. The highest BCUT2D eigenvalue weighted by Gasteiger charge is 2.13. The molecule has 1 amide bonds. The van der Waals surface area contributed by atoms with Crippen LogP contribution in [-0.2, 0) is 0 Å². The fourth-order valence-electron chi connectivity index (χ4n) is 1.27. The summed E-state index contributed by atoms with van der Waals surface area (Å²) in [6.45, 7) is 0. The number of nitrogens with zero attached hydrogens (tertiary/aromatic N) is 2. The lowest BCUT2D eigenvalue weighted by atomic mass is 10.1. The van der Waals surface area contributed by atoms with E-state index in [2.05, 4.69) is 10.3 Å². The van der Waals surface area contributed by atoms with Gasteiger partial charge < -0.3 is 14.7 Å². The summed E-state index contributed by atoms with van der Waals surface area (Å²) in [5.74, 6) is -0.115. The normalized spacial score (nSPS) is 10.3. The van der Waals surface area contributed by atoms with Crippen molar-refractivity contribution in [3.05, 3.63) is 30.1 Å². The van der Waals surface area contributed by atoms with Crippen LogP contribution >= 0.6 is 0 Å². The molecule has 2 N–H and O–H groups in total. The first-order chi connectivity index (χ1) is 8.93. The molecule has 7 nitrogen and oxygen atoms in total. The highest BCUT2D eigenvalue weighted by atomic mass is 16.5. The maximum atomic E-state index is 12.0. The summed E-state index contributed by atoms with van der Waals surface area (Å²) in [4.78, 5) is 28.2. The van der Waals surface area contributed by atoms with Crippen molar-refractivity contribution >= 4 is 17.6 Å². The van der Waals surface area contributed by atoms with Gasteiger partial charge in [0, 0.05) is 32.4 Å². The zero-order valence-electron chi connectivity index (χ0n) is 10.9. The number of rotatable bonds is 5. The van der Waals surface area contributed by atoms with Crippen LogP contribution in [0.25, 0.3) is 0 Å². The first kappa shape index (κ1) is 14.5. The van der Waals surface area contributed by atoms with Gasteiger partial charge in [-0.2, -0.15) is 0 Å². The summed E-state index contributed by atoms with van der Waals surface area (Å²) in [6, 6.07) is 1.38. The van der Waals surface area contributed by atoms with Crippen molar-refractivity contribution < 1.29 is 19.4 Å². The minimum atomic E-state index is -1.27. The minimum Gasteiger partial charge on any atom is -0.481 e. The van der Waals surface area contributed by atoms with Crippen LogP contribution in [0.15, 0.2) is 24.5 Å². The zero-order chi connectivity index (χ0) is 14.4. The van der Waals surface area contributed by atoms with E-state index in [0.29, 0.717) is 0 Å². The molecule has 1 heterocycles. The first-order valence-corrected chi connectivity index (χ1v) is 5.37. The van der Waals surface area contributed by atoms with Crippen LogP contribution in [0.4, 0.5) is 10.5 Å². The number of allylic oxidation sites excluding steroid dienone is 1. The molecule has 0 atom stereocenters. The standard InChI is InChI=1S/C12H15N3O4/c1-15(2)5-4-10(16)8-6-11(19-3)13-7-9(8)14-12(17)18/h4-7,14H,1-3H3,(H,17,18)/b5-4+. The molecule has 1 aromatic rings. The Morgan fingerprint density at radius 1 is 1.47 bits per heavy atom. The first-order valence-electron chi connectivity index (χ1n) is 5.37. The number of carbonyl (C=O) groups excluding carboxylic acids is 1. The quantitative estimate of drug-likeness (QED) is 0.618. The highest BCUT2D eigenvalue weighted by molar-refractivity contribution is 6.09. The van der Waals surface area contributed by atoms with Crippen molar-refractivity contribution in [1.29, 1.82) is 0 Å². The molecule has 19 heavy (non-hydrogen) atoms. The number of methoxy groups -OCH3 is 1. The highest BCUT2D eigenvalue weighted by Crippen LogP contribution is 2.20. The molecule has 0 aliphatic heterocycles. The van der Waals surface area contributed by atoms with Gasteiger partial charge in [0.05, 0.1) is 24.6 Å². The van der Waals surface area contributed by atoms with E-state index in [0.717, 1.165) is 0 Å². The van der Waals surface area contributed by atoms with Gasteiger partial charge in [0.2, 0.25) is 5.88 Å². The second-order valence-corrected chi connectivity index (χ2v) is 3.85. The molecule has 0 unspecified atom stereocenters. The number of nitrogens with one attached hydrogen (secondary N) is 1. The van der Waals surface area contributed by atoms with E-state index in [-0.39, 0.29) is 22.9 Å². The molecule has 0 spiro atoms. The summed E-state index contributed by atoms with van der Waals surface area (Å²) in [6.07, 6.45) is 2.88. The molecule has 0 aromatic carbocycles. The van der Waals surface area contributed by atoms with Gasteiger partial charge in [0.1, 0.15) is 0 Å². The van der Waals surface area contributed by atoms with Crippen molar-refractivity contribution in [1.82, 2.24) is 9.88 Å². The number of hydrogen-bond acceptors (Lipinski definition) is 5. The predicted molar refractivity (Wildman–Crippen MR) is 69.6 cm³/mol. The molecule has 1 rings (SSSR count). The fourth-order valence-corrected chi connectivity index (χ4v) is 1.27. The predicted octanol–water partition coefficient (Wildman–Crippen LogP) is 1.44. The Labute approximate surface area is 110 Å². The summed E-state index contributed by atoms with van der Waals surface area (Å²) in [5.41, 5.74) is 0.286. The molecule has 7 heteroatoms. The van der Waals surface area contributed by atoms with Crippen molar-refractivity contribution in [2.24, 2.45) is 0 Å². The van der Waals surface area contributed by atoms with Gasteiger partial charge in [-0.25, -0.2) is 9.78 Å². The Morgan fingerprint density at radius 3 is 2.68 bits per heavy atom. The number of ether oxygens (including phenoxy) is 1. The molecule has 0 saturated carbocycles. The van der Waals surface area contributed by atoms with Crippen molar-refractivity contribution in [3.63, 3.8) is 0 Å². The van der Waals surface area contributed by atoms with Crippen LogP contribution in [0, 0.1) is 0 Å². The van der Waals surface area contributed by atoms with E-state index in [1.165, 1.54) is 25.4 Å². The van der Waals surface area contributed by atoms with Gasteiger partial charge in [-0.1, -0.05) is 0 Å². The van der Waals surface area contributed by atoms with Gasteiger partial charge in [0.25, 0.3) is 0 Å². The average Bonchev–Trinajstić information content (AvgIpc) is 2.35. The smallest absolute Gasteiger partial charge is 0.409 e. The lowest BCUT2D eigenvalue weighted by Gasteiger charge is -2.08. The van der Waals surface area contributed by atoms with Crippen LogP contribution in [0.5, 0.6) is 5.88 Å². The van der Waals surface area contributed by atoms with Crippen molar-refractivity contribution in [2.45, 2.75) is 0 Å². The van der Waals surface area contributed by atoms with Gasteiger partial charge in [-0.15, -0.1) is 0 Å². The SMILES string of the molecule is COc1cc(C(=O)/C=C/N(C)C)c(NC(=O)O)cn1. The topological polar surface area (TPSA) is 91.8 Å². The van der Waals surface area contributed by atoms with E-state index < -0.39 is 6.09 Å². The second kappa shape index (κ2) is 6.39. The Bertz CT molecular complexity index is 512. The number of pyridine rings is 1. The molecule has 102 valence electrons. The Kier molecular flexibility index (Phi) is 4.87. The molecule has 0 aliphatic carbocycles. The Morgan fingerprint density at radius 2 is 2.16 bits per heavy atom. The van der Waals surface area contributed by atoms with Gasteiger partial charge >= 0.3 is 6.09 Å². The maximum Gasteiger partial charge on any atom is 0.409 e. The molecular weight excluding hydrogens is 250 g/mol. The second-order valence-electron chi connectivity index (χ2n) is 3.85. The number of hydrogen-bond donors (Lipinski definition) is 2. The van der Waals surface area contributed by atoms with Crippen LogP contribution in [0.2, 0.25) is 0 Å². The fraction of sp³-hybridized carbons (Fsp3) is 0.250. The van der Waals surface area contributed by atoms with E-state index in [1.54, 1.807) is 25.2 Å². The Balaban J connectivity index is 3.13. The number of aromatic nitrogens is 1. The Hall–Kier alpha value is -2.57. The molecular formula is C12H15N3O4. The molecule has 0 saturated heterocycles. The van der Waals surface area contributed by atoms with E-state index in [1.807, 2.05) is 0 Å². The monoisotopic (exact) mass is 265 g/mol. The van der Waals surface area contributed by atoms with Crippen molar-refractivity contribution in [3.8, 4) is 5.88 Å². The van der Waals surface area contributed by atoms with Crippen LogP contribution in [0.1, 0.15) is 10.4 Å². The molecule has 0 radical (unpaired) electrons. The number of carbonyl (C=O) groups is 2. The van der Waals surface area contributed by atoms with Crippen LogP contribution in [0.3, 0.4) is 0 Å². The third kappa shape index (κ3) is 4.30. The molecule has 0 fully saturated rings. The third-order valence-corrected chi connectivity index (χ3v) is 2.12. The zero-order valence-corrected chi connectivity index (χ0v) is 10.9. The van der Waals surface area contributed by atoms with Crippen LogP contribution < -0.4 is 10.1 Å². The van der Waals surface area contributed by atoms with Crippen LogP contribution in [-0.4, -0.2) is 48.1 Å². The summed E-state index contributed by atoms with van der Waals surface area (Å²) < 4.78 is 4.92. The molecule has 0 aliphatic rings. The number of carboxylic acid groups (broad SMARTS) is 1. The summed E-state index contributed by atoms with van der Waals surface area (Å²) in [5, 5.41) is 10.8. The maximum absolute atomic E-state index is 12.0. The molecule has 0 bridgehead atoms. The van der Waals surface area contributed by atoms with Gasteiger partial charge in [-0.3, -0.25) is 10.1 Å². The average molecular weight is 265 g/mol. The number of anilines is 1. The van der Waals surface area contributed by atoms with Crippen molar-refractivity contribution in [2.75, 3.05) is 26.5 Å². The largest absolute Gasteiger partial charge is 0.481 e. The summed E-state index contributed by atoms with van der Waals surface area (Å²) in [7, 11) is 4.96. The third-order valence-electron chi connectivity index (χ3n) is 2.12. The van der Waals surface area contributed by atoms with Gasteiger partial charge in [0.15, 0.2) is 5.78 Å². The minimum absolute atomic E-state index is 0.113. The van der Waals surface area contributed by atoms with E-state index >= 15 is 0 Å².